The van der Waals surface area contributed by atoms with E-state index in [9.17, 15) is 4.39 Å². The van der Waals surface area contributed by atoms with Gasteiger partial charge in [-0.2, -0.15) is 0 Å². The van der Waals surface area contributed by atoms with Crippen molar-refractivity contribution in [3.05, 3.63) is 64.1 Å². The zero-order valence-corrected chi connectivity index (χ0v) is 12.3. The molecule has 0 fully saturated rings. The highest BCUT2D eigenvalue weighted by Gasteiger charge is 2.12. The number of hydrogen-bond acceptors (Lipinski definition) is 2. The monoisotopic (exact) mass is 322 g/mol. The van der Waals surface area contributed by atoms with Crippen LogP contribution in [0.1, 0.15) is 24.2 Å². The second kappa shape index (κ2) is 6.78. The lowest BCUT2D eigenvalue weighted by molar-refractivity contribution is 0.535. The molecule has 0 aliphatic rings. The minimum absolute atomic E-state index is 0.142. The summed E-state index contributed by atoms with van der Waals surface area (Å²) in [5, 5.41) is 3.41. The number of rotatable bonds is 5. The van der Waals surface area contributed by atoms with Gasteiger partial charge in [0.25, 0.3) is 0 Å². The standard InChI is InChI=1S/C15H16BrFN2/c1-2-18-15(14-8-5-12(16)10-19-14)9-11-3-6-13(17)7-4-11/h3-8,10,15,18H,2,9H2,1H3. The van der Waals surface area contributed by atoms with Crippen molar-refractivity contribution in [2.75, 3.05) is 6.54 Å². The molecule has 0 aliphatic heterocycles. The molecule has 1 N–H and O–H groups in total. The molecule has 19 heavy (non-hydrogen) atoms. The highest BCUT2D eigenvalue weighted by Crippen LogP contribution is 2.18. The molecular weight excluding hydrogens is 307 g/mol. The Hall–Kier alpha value is -1.26. The predicted octanol–water partition coefficient (Wildman–Crippen LogP) is 3.88. The van der Waals surface area contributed by atoms with E-state index in [0.29, 0.717) is 0 Å². The van der Waals surface area contributed by atoms with Crippen LogP contribution in [0.5, 0.6) is 0 Å². The van der Waals surface area contributed by atoms with E-state index < -0.39 is 0 Å². The van der Waals surface area contributed by atoms with Gasteiger partial charge in [-0.05, 0) is 58.7 Å². The lowest BCUT2D eigenvalue weighted by Crippen LogP contribution is -2.23. The lowest BCUT2D eigenvalue weighted by Gasteiger charge is -2.17. The molecule has 1 aromatic heterocycles. The molecule has 1 heterocycles. The average Bonchev–Trinajstić information content (AvgIpc) is 2.42. The molecule has 0 saturated heterocycles. The van der Waals surface area contributed by atoms with Crippen LogP contribution in [0.3, 0.4) is 0 Å². The highest BCUT2D eigenvalue weighted by molar-refractivity contribution is 9.10. The molecular formula is C15H16BrFN2. The number of aromatic nitrogens is 1. The third-order valence-electron chi connectivity index (χ3n) is 2.91. The minimum Gasteiger partial charge on any atom is -0.309 e. The number of nitrogens with zero attached hydrogens (tertiary/aromatic N) is 1. The summed E-state index contributed by atoms with van der Waals surface area (Å²) in [5.74, 6) is -0.203. The molecule has 1 atom stereocenters. The zero-order valence-electron chi connectivity index (χ0n) is 10.7. The SMILES string of the molecule is CCNC(Cc1ccc(F)cc1)c1ccc(Br)cn1. The van der Waals surface area contributed by atoms with Crippen molar-refractivity contribution < 1.29 is 4.39 Å². The molecule has 0 radical (unpaired) electrons. The first kappa shape index (κ1) is 14.2. The van der Waals surface area contributed by atoms with Crippen LogP contribution in [-0.4, -0.2) is 11.5 Å². The van der Waals surface area contributed by atoms with Crippen LogP contribution in [0, 0.1) is 5.82 Å². The predicted molar refractivity (Wildman–Crippen MR) is 78.5 cm³/mol. The molecule has 4 heteroatoms. The molecule has 1 unspecified atom stereocenters. The number of benzene rings is 1. The first-order valence-corrected chi connectivity index (χ1v) is 7.07. The van der Waals surface area contributed by atoms with Crippen LogP contribution in [0.15, 0.2) is 47.1 Å². The maximum absolute atomic E-state index is 12.9. The van der Waals surface area contributed by atoms with Gasteiger partial charge in [-0.3, -0.25) is 4.98 Å². The third-order valence-corrected chi connectivity index (χ3v) is 3.38. The fourth-order valence-electron chi connectivity index (χ4n) is 1.98. The first-order valence-electron chi connectivity index (χ1n) is 6.28. The largest absolute Gasteiger partial charge is 0.309 e. The molecule has 2 nitrogen and oxygen atoms in total. The van der Waals surface area contributed by atoms with Crippen LogP contribution < -0.4 is 5.32 Å². The lowest BCUT2D eigenvalue weighted by atomic mass is 10.0. The fraction of sp³-hybridized carbons (Fsp3) is 0.267. The summed E-state index contributed by atoms with van der Waals surface area (Å²) in [6, 6.07) is 10.7. The van der Waals surface area contributed by atoms with E-state index in [0.717, 1.165) is 28.7 Å². The number of nitrogens with one attached hydrogen (secondary N) is 1. The Morgan fingerprint density at radius 3 is 2.53 bits per heavy atom. The second-order valence-electron chi connectivity index (χ2n) is 4.34. The van der Waals surface area contributed by atoms with E-state index >= 15 is 0 Å². The van der Waals surface area contributed by atoms with Crippen LogP contribution in [0.25, 0.3) is 0 Å². The highest BCUT2D eigenvalue weighted by atomic mass is 79.9. The zero-order chi connectivity index (χ0) is 13.7. The fourth-order valence-corrected chi connectivity index (χ4v) is 2.21. The number of hydrogen-bond donors (Lipinski definition) is 1. The summed E-state index contributed by atoms with van der Waals surface area (Å²) in [6.07, 6.45) is 2.59. The van der Waals surface area contributed by atoms with Crippen molar-refractivity contribution >= 4 is 15.9 Å². The van der Waals surface area contributed by atoms with Crippen LogP contribution >= 0.6 is 15.9 Å². The van der Waals surface area contributed by atoms with E-state index in [1.807, 2.05) is 24.3 Å². The number of pyridine rings is 1. The summed E-state index contributed by atoms with van der Waals surface area (Å²) in [4.78, 5) is 4.43. The topological polar surface area (TPSA) is 24.9 Å². The van der Waals surface area contributed by atoms with Crippen molar-refractivity contribution in [2.24, 2.45) is 0 Å². The molecule has 1 aromatic carbocycles. The normalized spacial score (nSPS) is 12.4. The van der Waals surface area contributed by atoms with Crippen molar-refractivity contribution in [3.63, 3.8) is 0 Å². The van der Waals surface area contributed by atoms with Gasteiger partial charge < -0.3 is 5.32 Å². The van der Waals surface area contributed by atoms with E-state index in [1.54, 1.807) is 6.20 Å². The Balaban J connectivity index is 2.15. The molecule has 2 rings (SSSR count). The van der Waals surface area contributed by atoms with Gasteiger partial charge in [-0.1, -0.05) is 19.1 Å². The molecule has 0 bridgehead atoms. The van der Waals surface area contributed by atoms with Gasteiger partial charge in [-0.25, -0.2) is 4.39 Å². The molecule has 0 spiro atoms. The van der Waals surface area contributed by atoms with Gasteiger partial charge in [0.2, 0.25) is 0 Å². The first-order chi connectivity index (χ1) is 9.19. The number of likely N-dealkylation sites (N-methyl/N-ethyl adjacent to an activating group) is 1. The molecule has 0 aliphatic carbocycles. The smallest absolute Gasteiger partial charge is 0.123 e. The Morgan fingerprint density at radius 2 is 1.95 bits per heavy atom. The molecule has 2 aromatic rings. The van der Waals surface area contributed by atoms with Crippen molar-refractivity contribution in [2.45, 2.75) is 19.4 Å². The Kier molecular flexibility index (Phi) is 5.05. The van der Waals surface area contributed by atoms with Crippen molar-refractivity contribution in [1.29, 1.82) is 0 Å². The van der Waals surface area contributed by atoms with Gasteiger partial charge in [0.1, 0.15) is 5.82 Å². The average molecular weight is 323 g/mol. The second-order valence-corrected chi connectivity index (χ2v) is 5.26. The van der Waals surface area contributed by atoms with Crippen LogP contribution in [0.4, 0.5) is 4.39 Å². The van der Waals surface area contributed by atoms with Gasteiger partial charge in [0.15, 0.2) is 0 Å². The minimum atomic E-state index is -0.203. The Morgan fingerprint density at radius 1 is 1.21 bits per heavy atom. The van der Waals surface area contributed by atoms with Gasteiger partial charge in [-0.15, -0.1) is 0 Å². The summed E-state index contributed by atoms with van der Waals surface area (Å²) in [7, 11) is 0. The maximum atomic E-state index is 12.9. The molecule has 0 saturated carbocycles. The Bertz CT molecular complexity index is 511. The van der Waals surface area contributed by atoms with Crippen LogP contribution in [-0.2, 0) is 6.42 Å². The quantitative estimate of drug-likeness (QED) is 0.903. The third kappa shape index (κ3) is 4.11. The summed E-state index contributed by atoms with van der Waals surface area (Å²) < 4.78 is 13.9. The van der Waals surface area contributed by atoms with Gasteiger partial charge in [0, 0.05) is 10.7 Å². The van der Waals surface area contributed by atoms with E-state index in [2.05, 4.69) is 33.2 Å². The van der Waals surface area contributed by atoms with E-state index in [-0.39, 0.29) is 11.9 Å². The number of halogens is 2. The van der Waals surface area contributed by atoms with E-state index in [4.69, 9.17) is 0 Å². The summed E-state index contributed by atoms with van der Waals surface area (Å²) in [5.41, 5.74) is 2.09. The van der Waals surface area contributed by atoms with Crippen molar-refractivity contribution in [3.8, 4) is 0 Å². The summed E-state index contributed by atoms with van der Waals surface area (Å²) in [6.45, 7) is 2.93. The summed E-state index contributed by atoms with van der Waals surface area (Å²) >= 11 is 3.38. The van der Waals surface area contributed by atoms with Gasteiger partial charge in [0.05, 0.1) is 11.7 Å². The molecule has 100 valence electrons. The van der Waals surface area contributed by atoms with E-state index in [1.165, 1.54) is 12.1 Å². The van der Waals surface area contributed by atoms with Gasteiger partial charge >= 0.3 is 0 Å². The van der Waals surface area contributed by atoms with Crippen LogP contribution in [0.2, 0.25) is 0 Å². The molecule has 0 amide bonds. The van der Waals surface area contributed by atoms with Crippen molar-refractivity contribution in [1.82, 2.24) is 10.3 Å². The maximum Gasteiger partial charge on any atom is 0.123 e. The Labute approximate surface area is 121 Å².